The van der Waals surface area contributed by atoms with Crippen molar-refractivity contribution in [2.75, 3.05) is 31.7 Å². The first-order chi connectivity index (χ1) is 8.68. The normalized spacial score (nSPS) is 16.7. The maximum atomic E-state index is 11.2. The van der Waals surface area contributed by atoms with Crippen LogP contribution in [0.15, 0.2) is 24.3 Å². The highest BCUT2D eigenvalue weighted by molar-refractivity contribution is 5.77. The summed E-state index contributed by atoms with van der Waals surface area (Å²) < 4.78 is 10.5. The van der Waals surface area contributed by atoms with Crippen LogP contribution in [0, 0.1) is 5.41 Å². The van der Waals surface area contributed by atoms with Gasteiger partial charge in [-0.05, 0) is 19.1 Å². The molecule has 0 saturated carbocycles. The number of para-hydroxylation sites is 2. The van der Waals surface area contributed by atoms with Gasteiger partial charge in [-0.3, -0.25) is 4.79 Å². The molecule has 0 amide bonds. The topological polar surface area (TPSA) is 67.8 Å². The minimum absolute atomic E-state index is 0.256. The lowest BCUT2D eigenvalue weighted by Gasteiger charge is -2.37. The lowest BCUT2D eigenvalue weighted by atomic mass is 9.86. The second kappa shape index (κ2) is 5.27. The quantitative estimate of drug-likeness (QED) is 0.803. The summed E-state index contributed by atoms with van der Waals surface area (Å²) in [7, 11) is 0. The molecule has 0 radical (unpaired) electrons. The van der Waals surface area contributed by atoms with Crippen molar-refractivity contribution in [3.8, 4) is 5.75 Å². The molecular formula is C13H17NO4. The number of ether oxygens (including phenoxy) is 2. The molecule has 1 heterocycles. The molecule has 0 aliphatic carbocycles. The third kappa shape index (κ3) is 2.41. The Morgan fingerprint density at radius 1 is 1.50 bits per heavy atom. The van der Waals surface area contributed by atoms with Crippen LogP contribution in [0.2, 0.25) is 0 Å². The molecule has 98 valence electrons. The van der Waals surface area contributed by atoms with E-state index in [0.29, 0.717) is 13.2 Å². The number of nitrogens with one attached hydrogen (secondary N) is 1. The van der Waals surface area contributed by atoms with Gasteiger partial charge in [0.25, 0.3) is 0 Å². The third-order valence-corrected chi connectivity index (χ3v) is 3.01. The van der Waals surface area contributed by atoms with E-state index in [1.807, 2.05) is 31.2 Å². The number of carboxylic acid groups (broad SMARTS) is 1. The lowest BCUT2D eigenvalue weighted by Crippen LogP contribution is -2.53. The zero-order valence-electron chi connectivity index (χ0n) is 10.3. The molecule has 1 saturated heterocycles. The number of carboxylic acids is 1. The average molecular weight is 251 g/mol. The highest BCUT2D eigenvalue weighted by Crippen LogP contribution is 2.30. The first-order valence-electron chi connectivity index (χ1n) is 5.95. The first kappa shape index (κ1) is 12.7. The molecule has 0 aromatic heterocycles. The summed E-state index contributed by atoms with van der Waals surface area (Å²) in [5.74, 6) is -0.0871. The zero-order chi connectivity index (χ0) is 13.0. The van der Waals surface area contributed by atoms with Crippen molar-refractivity contribution in [1.29, 1.82) is 0 Å². The van der Waals surface area contributed by atoms with Crippen molar-refractivity contribution < 1.29 is 19.4 Å². The van der Waals surface area contributed by atoms with Gasteiger partial charge in [-0.15, -0.1) is 0 Å². The largest absolute Gasteiger partial charge is 0.492 e. The molecule has 5 nitrogen and oxygen atoms in total. The van der Waals surface area contributed by atoms with Crippen molar-refractivity contribution >= 4 is 11.7 Å². The van der Waals surface area contributed by atoms with Gasteiger partial charge < -0.3 is 19.9 Å². The Morgan fingerprint density at radius 2 is 2.22 bits per heavy atom. The Bertz CT molecular complexity index is 429. The van der Waals surface area contributed by atoms with Crippen LogP contribution in [0.1, 0.15) is 6.92 Å². The molecule has 18 heavy (non-hydrogen) atoms. The van der Waals surface area contributed by atoms with Crippen LogP contribution in [-0.4, -0.2) is 37.4 Å². The monoisotopic (exact) mass is 251 g/mol. The van der Waals surface area contributed by atoms with Crippen LogP contribution in [-0.2, 0) is 9.53 Å². The molecule has 0 unspecified atom stereocenters. The van der Waals surface area contributed by atoms with Crippen LogP contribution in [0.5, 0.6) is 5.75 Å². The van der Waals surface area contributed by atoms with E-state index in [1.165, 1.54) is 0 Å². The molecule has 0 bridgehead atoms. The highest BCUT2D eigenvalue weighted by Gasteiger charge is 2.46. The molecule has 1 fully saturated rings. The van der Waals surface area contributed by atoms with Crippen LogP contribution >= 0.6 is 0 Å². The molecule has 1 aliphatic heterocycles. The maximum absolute atomic E-state index is 11.2. The van der Waals surface area contributed by atoms with Crippen molar-refractivity contribution in [3.05, 3.63) is 24.3 Å². The number of rotatable bonds is 6. The van der Waals surface area contributed by atoms with E-state index >= 15 is 0 Å². The van der Waals surface area contributed by atoms with Gasteiger partial charge in [-0.1, -0.05) is 12.1 Å². The minimum atomic E-state index is -0.824. The van der Waals surface area contributed by atoms with Gasteiger partial charge >= 0.3 is 5.97 Å². The molecule has 2 rings (SSSR count). The van der Waals surface area contributed by atoms with Gasteiger partial charge in [0.05, 0.1) is 25.5 Å². The Morgan fingerprint density at radius 3 is 2.78 bits per heavy atom. The maximum Gasteiger partial charge on any atom is 0.316 e. The van der Waals surface area contributed by atoms with E-state index in [0.717, 1.165) is 11.4 Å². The molecular weight excluding hydrogens is 234 g/mol. The molecule has 0 atom stereocenters. The van der Waals surface area contributed by atoms with Gasteiger partial charge in [-0.2, -0.15) is 0 Å². The summed E-state index contributed by atoms with van der Waals surface area (Å²) in [6, 6.07) is 7.50. The second-order valence-corrected chi connectivity index (χ2v) is 4.36. The average Bonchev–Trinajstić information content (AvgIpc) is 2.29. The summed E-state index contributed by atoms with van der Waals surface area (Å²) in [6.45, 7) is 3.34. The third-order valence-electron chi connectivity index (χ3n) is 3.01. The van der Waals surface area contributed by atoms with E-state index in [1.54, 1.807) is 0 Å². The number of hydrogen-bond acceptors (Lipinski definition) is 4. The summed E-state index contributed by atoms with van der Waals surface area (Å²) in [6.07, 6.45) is 0. The van der Waals surface area contributed by atoms with Gasteiger partial charge in [-0.25, -0.2) is 0 Å². The Labute approximate surface area is 106 Å². The van der Waals surface area contributed by atoms with Gasteiger partial charge in [0, 0.05) is 6.54 Å². The van der Waals surface area contributed by atoms with Gasteiger partial charge in [0.15, 0.2) is 0 Å². The Balaban J connectivity index is 2.03. The summed E-state index contributed by atoms with van der Waals surface area (Å²) in [4.78, 5) is 11.2. The molecule has 2 N–H and O–H groups in total. The zero-order valence-corrected chi connectivity index (χ0v) is 10.3. The van der Waals surface area contributed by atoms with E-state index in [2.05, 4.69) is 5.32 Å². The van der Waals surface area contributed by atoms with Crippen LogP contribution in [0.25, 0.3) is 0 Å². The standard InChI is InChI=1S/C13H17NO4/c1-2-18-11-6-4-3-5-10(11)14-7-13(12(15)16)8-17-9-13/h3-6,14H,2,7-9H2,1H3,(H,15,16). The van der Waals surface area contributed by atoms with Gasteiger partial charge in [0.1, 0.15) is 11.2 Å². The number of hydrogen-bond donors (Lipinski definition) is 2. The van der Waals surface area contributed by atoms with E-state index in [-0.39, 0.29) is 13.2 Å². The fraction of sp³-hybridized carbons (Fsp3) is 0.462. The number of aliphatic carboxylic acids is 1. The highest BCUT2D eigenvalue weighted by atomic mass is 16.5. The fourth-order valence-corrected chi connectivity index (χ4v) is 1.81. The van der Waals surface area contributed by atoms with Crippen LogP contribution < -0.4 is 10.1 Å². The van der Waals surface area contributed by atoms with Crippen LogP contribution in [0.3, 0.4) is 0 Å². The van der Waals surface area contributed by atoms with Gasteiger partial charge in [0.2, 0.25) is 0 Å². The lowest BCUT2D eigenvalue weighted by molar-refractivity contribution is -0.176. The smallest absolute Gasteiger partial charge is 0.316 e. The van der Waals surface area contributed by atoms with Crippen molar-refractivity contribution in [3.63, 3.8) is 0 Å². The van der Waals surface area contributed by atoms with E-state index < -0.39 is 11.4 Å². The summed E-state index contributed by atoms with van der Waals surface area (Å²) in [5.41, 5.74) is 0.00570. The Kier molecular flexibility index (Phi) is 3.72. The second-order valence-electron chi connectivity index (χ2n) is 4.36. The molecule has 1 aromatic carbocycles. The van der Waals surface area contributed by atoms with Crippen molar-refractivity contribution in [2.24, 2.45) is 5.41 Å². The molecule has 0 spiro atoms. The fourth-order valence-electron chi connectivity index (χ4n) is 1.81. The predicted octanol–water partition coefficient (Wildman–Crippen LogP) is 1.60. The summed E-state index contributed by atoms with van der Waals surface area (Å²) in [5, 5.41) is 12.3. The number of benzene rings is 1. The molecule has 1 aliphatic rings. The summed E-state index contributed by atoms with van der Waals surface area (Å²) >= 11 is 0. The van der Waals surface area contributed by atoms with Crippen molar-refractivity contribution in [1.82, 2.24) is 0 Å². The number of carbonyl (C=O) groups is 1. The molecule has 5 heteroatoms. The van der Waals surface area contributed by atoms with E-state index in [4.69, 9.17) is 9.47 Å². The number of anilines is 1. The molecule has 1 aromatic rings. The first-order valence-corrected chi connectivity index (χ1v) is 5.95. The predicted molar refractivity (Wildman–Crippen MR) is 67.0 cm³/mol. The van der Waals surface area contributed by atoms with Crippen molar-refractivity contribution in [2.45, 2.75) is 6.92 Å². The van der Waals surface area contributed by atoms with Crippen LogP contribution in [0.4, 0.5) is 5.69 Å². The SMILES string of the molecule is CCOc1ccccc1NCC1(C(=O)O)COC1. The Hall–Kier alpha value is -1.75. The minimum Gasteiger partial charge on any atom is -0.492 e. The van der Waals surface area contributed by atoms with E-state index in [9.17, 15) is 9.90 Å².